The Morgan fingerprint density at radius 2 is 2.05 bits per heavy atom. The van der Waals surface area contributed by atoms with Gasteiger partial charge in [0.25, 0.3) is 0 Å². The lowest BCUT2D eigenvalue weighted by molar-refractivity contribution is 0.492. The quantitative estimate of drug-likeness (QED) is 0.891. The molecular weight excluding hydrogens is 291 g/mol. The summed E-state index contributed by atoms with van der Waals surface area (Å²) in [5, 5.41) is 8.17. The minimum atomic E-state index is -2.51. The molecule has 0 amide bonds. The summed E-state index contributed by atoms with van der Waals surface area (Å²) in [6, 6.07) is 6.35. The Morgan fingerprint density at radius 1 is 1.38 bits per heavy atom. The van der Waals surface area contributed by atoms with E-state index in [4.69, 9.17) is 4.78 Å². The van der Waals surface area contributed by atoms with Gasteiger partial charge in [-0.3, -0.25) is 8.99 Å². The van der Waals surface area contributed by atoms with Crippen molar-refractivity contribution < 1.29 is 8.60 Å². The lowest BCUT2D eigenvalue weighted by Crippen LogP contribution is -2.10. The summed E-state index contributed by atoms with van der Waals surface area (Å²) in [5.41, 5.74) is 1.69. The first kappa shape index (κ1) is 15.6. The zero-order valence-corrected chi connectivity index (χ0v) is 12.9. The molecule has 1 heterocycles. The van der Waals surface area contributed by atoms with E-state index in [1.54, 1.807) is 16.8 Å². The minimum Gasteiger partial charge on any atom is -0.253 e. The second kappa shape index (κ2) is 6.34. The second-order valence-corrected chi connectivity index (χ2v) is 7.54. The van der Waals surface area contributed by atoms with E-state index >= 15 is 0 Å². The van der Waals surface area contributed by atoms with Gasteiger partial charge in [-0.2, -0.15) is 0 Å². The molecule has 1 aromatic carbocycles. The highest BCUT2D eigenvalue weighted by atomic mass is 32.2. The lowest BCUT2D eigenvalue weighted by Gasteiger charge is -2.15. The van der Waals surface area contributed by atoms with Crippen molar-refractivity contribution in [2.75, 3.05) is 12.0 Å². The molecule has 1 unspecified atom stereocenters. The Kier molecular flexibility index (Phi) is 4.72. The summed E-state index contributed by atoms with van der Waals surface area (Å²) in [6.45, 7) is 2.03. The molecule has 1 aromatic heterocycles. The number of nitrogens with zero attached hydrogens (tertiary/aromatic N) is 3. The van der Waals surface area contributed by atoms with Crippen molar-refractivity contribution in [1.29, 1.82) is 4.78 Å². The van der Waals surface area contributed by atoms with Crippen LogP contribution in [0.3, 0.4) is 0 Å². The molecule has 2 atom stereocenters. The number of benzene rings is 1. The van der Waals surface area contributed by atoms with E-state index in [1.807, 2.05) is 13.1 Å². The van der Waals surface area contributed by atoms with Gasteiger partial charge in [-0.05, 0) is 24.1 Å². The molecule has 7 heteroatoms. The average Bonchev–Trinajstić information content (AvgIpc) is 2.87. The molecular formula is C14H19FN4OS. The number of nitrogens with one attached hydrogen (secondary N) is 1. The van der Waals surface area contributed by atoms with E-state index < -0.39 is 9.73 Å². The molecule has 0 spiro atoms. The Morgan fingerprint density at radius 3 is 2.62 bits per heavy atom. The Balaban J connectivity index is 2.16. The molecule has 0 aliphatic heterocycles. The molecule has 1 N–H and O–H groups in total. The van der Waals surface area contributed by atoms with Crippen LogP contribution in [0.4, 0.5) is 4.39 Å². The van der Waals surface area contributed by atoms with Crippen LogP contribution in [-0.2, 0) is 16.1 Å². The molecule has 2 rings (SSSR count). The highest BCUT2D eigenvalue weighted by Gasteiger charge is 2.14. The van der Waals surface area contributed by atoms with Crippen LogP contribution in [0.2, 0.25) is 0 Å². The molecule has 0 radical (unpaired) electrons. The molecule has 0 saturated carbocycles. The number of hydrogen-bond donors (Lipinski definition) is 1. The van der Waals surface area contributed by atoms with Gasteiger partial charge in [0.05, 0.1) is 11.7 Å². The van der Waals surface area contributed by atoms with Gasteiger partial charge < -0.3 is 0 Å². The van der Waals surface area contributed by atoms with Crippen molar-refractivity contribution >= 4 is 9.73 Å². The standard InChI is InChI=1S/C14H19FN4OS/c1-3-14(11-4-6-12(15)7-5-11)19-10-13(17-18-19)8-9-21(2,16)20/h4-7,10,14,16H,3,8-9H2,1-2H3/t14-,21?/m0/s1. The molecule has 0 bridgehead atoms. The van der Waals surface area contributed by atoms with Crippen LogP contribution in [-0.4, -0.2) is 31.2 Å². The van der Waals surface area contributed by atoms with Crippen molar-refractivity contribution in [3.8, 4) is 0 Å². The first-order chi connectivity index (χ1) is 9.89. The average molecular weight is 310 g/mol. The second-order valence-electron chi connectivity index (χ2n) is 5.12. The fourth-order valence-electron chi connectivity index (χ4n) is 2.14. The van der Waals surface area contributed by atoms with E-state index in [1.165, 1.54) is 18.4 Å². The van der Waals surface area contributed by atoms with Crippen molar-refractivity contribution in [2.24, 2.45) is 0 Å². The molecule has 114 valence electrons. The van der Waals surface area contributed by atoms with Crippen molar-refractivity contribution in [1.82, 2.24) is 15.0 Å². The number of hydrogen-bond acceptors (Lipinski definition) is 4. The van der Waals surface area contributed by atoms with Crippen molar-refractivity contribution in [2.45, 2.75) is 25.8 Å². The Labute approximate surface area is 124 Å². The fraction of sp³-hybridized carbons (Fsp3) is 0.429. The molecule has 21 heavy (non-hydrogen) atoms. The highest BCUT2D eigenvalue weighted by molar-refractivity contribution is 7.91. The zero-order valence-electron chi connectivity index (χ0n) is 12.1. The van der Waals surface area contributed by atoms with Crippen LogP contribution in [0.1, 0.15) is 30.6 Å². The highest BCUT2D eigenvalue weighted by Crippen LogP contribution is 2.21. The molecule has 2 aromatic rings. The fourth-order valence-corrected chi connectivity index (χ4v) is 2.74. The maximum atomic E-state index is 13.0. The predicted molar refractivity (Wildman–Crippen MR) is 80.2 cm³/mol. The van der Waals surface area contributed by atoms with Crippen molar-refractivity contribution in [3.05, 3.63) is 47.5 Å². The van der Waals surface area contributed by atoms with Gasteiger partial charge in [0.1, 0.15) is 5.82 Å². The van der Waals surface area contributed by atoms with E-state index in [-0.39, 0.29) is 17.6 Å². The normalized spacial score (nSPS) is 15.6. The van der Waals surface area contributed by atoms with Gasteiger partial charge in [-0.1, -0.05) is 24.3 Å². The Bertz CT molecular complexity index is 694. The van der Waals surface area contributed by atoms with Gasteiger partial charge in [-0.25, -0.2) is 9.07 Å². The topological polar surface area (TPSA) is 71.6 Å². The van der Waals surface area contributed by atoms with Crippen LogP contribution in [0.5, 0.6) is 0 Å². The molecule has 5 nitrogen and oxygen atoms in total. The number of rotatable bonds is 6. The van der Waals surface area contributed by atoms with Gasteiger partial charge in [-0.15, -0.1) is 5.10 Å². The first-order valence-corrected chi connectivity index (χ1v) is 8.90. The summed E-state index contributed by atoms with van der Waals surface area (Å²) in [4.78, 5) is 0. The number of aryl methyl sites for hydroxylation is 1. The zero-order chi connectivity index (χ0) is 15.5. The summed E-state index contributed by atoms with van der Waals surface area (Å²) in [6.07, 6.45) is 4.50. The lowest BCUT2D eigenvalue weighted by atomic mass is 10.0. The minimum absolute atomic E-state index is 0.00571. The van der Waals surface area contributed by atoms with E-state index in [9.17, 15) is 8.60 Å². The molecule has 0 aliphatic carbocycles. The van der Waals surface area contributed by atoms with Crippen LogP contribution in [0.15, 0.2) is 30.5 Å². The SMILES string of the molecule is CC[C@@H](c1ccc(F)cc1)n1cc(CCS(C)(=N)=O)nn1. The first-order valence-electron chi connectivity index (χ1n) is 6.76. The summed E-state index contributed by atoms with van der Waals surface area (Å²) < 4.78 is 33.5. The molecule has 0 fully saturated rings. The monoisotopic (exact) mass is 310 g/mol. The van der Waals surface area contributed by atoms with Crippen molar-refractivity contribution in [3.63, 3.8) is 0 Å². The third-order valence-corrected chi connectivity index (χ3v) is 4.25. The number of halogens is 1. The van der Waals surface area contributed by atoms with Crippen LogP contribution in [0.25, 0.3) is 0 Å². The summed E-state index contributed by atoms with van der Waals surface area (Å²) in [7, 11) is -2.51. The number of aromatic nitrogens is 3. The van der Waals surface area contributed by atoms with Gasteiger partial charge in [0.2, 0.25) is 0 Å². The van der Waals surface area contributed by atoms with E-state index in [0.717, 1.165) is 17.7 Å². The predicted octanol–water partition coefficient (Wildman–Crippen LogP) is 2.64. The maximum absolute atomic E-state index is 13.0. The van der Waals surface area contributed by atoms with Crippen LogP contribution < -0.4 is 0 Å². The smallest absolute Gasteiger partial charge is 0.123 e. The molecule has 0 saturated heterocycles. The third kappa shape index (κ3) is 4.35. The molecule has 0 aliphatic rings. The largest absolute Gasteiger partial charge is 0.253 e. The van der Waals surface area contributed by atoms with Gasteiger partial charge in [0.15, 0.2) is 0 Å². The summed E-state index contributed by atoms with van der Waals surface area (Å²) in [5.74, 6) is 0.0139. The third-order valence-electron chi connectivity index (χ3n) is 3.27. The maximum Gasteiger partial charge on any atom is 0.123 e. The van der Waals surface area contributed by atoms with Gasteiger partial charge in [0, 0.05) is 34.4 Å². The Hall–Kier alpha value is -1.76. The van der Waals surface area contributed by atoms with Crippen LogP contribution >= 0.6 is 0 Å². The summed E-state index contributed by atoms with van der Waals surface area (Å²) >= 11 is 0. The van der Waals surface area contributed by atoms with E-state index in [2.05, 4.69) is 10.3 Å². The van der Waals surface area contributed by atoms with Crippen LogP contribution in [0, 0.1) is 10.6 Å². The van der Waals surface area contributed by atoms with E-state index in [0.29, 0.717) is 6.42 Å². The van der Waals surface area contributed by atoms with Gasteiger partial charge >= 0.3 is 0 Å².